The van der Waals surface area contributed by atoms with E-state index < -0.39 is 10.9 Å². The molecule has 1 heterocycles. The van der Waals surface area contributed by atoms with E-state index in [1.54, 1.807) is 14.0 Å². The number of hydrogen-bond donors (Lipinski definition) is 2. The van der Waals surface area contributed by atoms with Crippen LogP contribution in [0.1, 0.15) is 12.5 Å². The molecule has 1 atom stereocenters. The van der Waals surface area contributed by atoms with Crippen LogP contribution in [-0.4, -0.2) is 16.4 Å². The van der Waals surface area contributed by atoms with Crippen LogP contribution in [0.15, 0.2) is 38.6 Å². The number of rotatable bonds is 4. The van der Waals surface area contributed by atoms with Crippen molar-refractivity contribution >= 4 is 23.4 Å². The van der Waals surface area contributed by atoms with Crippen molar-refractivity contribution in [2.75, 3.05) is 5.32 Å². The van der Waals surface area contributed by atoms with Gasteiger partial charge in [0.1, 0.15) is 0 Å². The Hall–Kier alpha value is -2.02. The number of aromatic nitrogens is 2. The highest BCUT2D eigenvalue weighted by Gasteiger charge is 2.25. The number of amides is 1. The molecule has 106 valence electrons. The Kier molecular flexibility index (Phi) is 4.29. The van der Waals surface area contributed by atoms with Crippen molar-refractivity contribution in [2.45, 2.75) is 24.1 Å². The summed E-state index contributed by atoms with van der Waals surface area (Å²) in [7, 11) is 1.65. The number of hydrogen-bond acceptors (Lipinski definition) is 4. The van der Waals surface area contributed by atoms with Gasteiger partial charge in [0, 0.05) is 5.69 Å². The predicted molar refractivity (Wildman–Crippen MR) is 75.6 cm³/mol. The van der Waals surface area contributed by atoms with Crippen LogP contribution in [0, 0.1) is 6.92 Å². The lowest BCUT2D eigenvalue weighted by molar-refractivity contribution is -0.772. The summed E-state index contributed by atoms with van der Waals surface area (Å²) in [5.74, 6) is -0.166. The lowest BCUT2D eigenvalue weighted by Crippen LogP contribution is -2.35. The maximum absolute atomic E-state index is 12.1. The minimum Gasteiger partial charge on any atom is -0.325 e. The van der Waals surface area contributed by atoms with Crippen LogP contribution in [0.2, 0.25) is 0 Å². The molecule has 0 spiro atoms. The van der Waals surface area contributed by atoms with Gasteiger partial charge in [-0.15, -0.1) is 0 Å². The van der Waals surface area contributed by atoms with Gasteiger partial charge in [0.15, 0.2) is 7.05 Å². The molecule has 1 amide bonds. The van der Waals surface area contributed by atoms with Gasteiger partial charge >= 0.3 is 10.7 Å². The van der Waals surface area contributed by atoms with E-state index in [1.807, 2.05) is 31.2 Å². The van der Waals surface area contributed by atoms with Crippen molar-refractivity contribution < 1.29 is 14.0 Å². The van der Waals surface area contributed by atoms with Gasteiger partial charge in [0.2, 0.25) is 5.91 Å². The maximum atomic E-state index is 12.1. The molecule has 1 unspecified atom stereocenters. The van der Waals surface area contributed by atoms with Crippen LogP contribution >= 0.6 is 11.8 Å². The number of carbonyl (C=O) groups is 1. The minimum absolute atomic E-state index is 0.166. The third-order valence-electron chi connectivity index (χ3n) is 2.70. The average Bonchev–Trinajstić information content (AvgIpc) is 2.70. The number of nitrogens with one attached hydrogen (secondary N) is 2. The van der Waals surface area contributed by atoms with Crippen molar-refractivity contribution in [3.63, 3.8) is 0 Å². The highest BCUT2D eigenvalue weighted by atomic mass is 32.2. The number of thioether (sulfide) groups is 1. The van der Waals surface area contributed by atoms with Crippen LogP contribution in [0.3, 0.4) is 0 Å². The standard InChI is InChI=1S/C13H15N3O3S/c1-8-5-4-6-10(7-8)14-11(17)9(2)20-12-13(18)19-15-16(12)3/h4-7,9H,1-3H3,(H-,14,15,17,18)/p+1. The molecule has 0 aliphatic carbocycles. The molecule has 2 rings (SSSR count). The third kappa shape index (κ3) is 3.30. The summed E-state index contributed by atoms with van der Waals surface area (Å²) < 4.78 is 6.09. The van der Waals surface area contributed by atoms with Crippen molar-refractivity contribution in [1.29, 1.82) is 0 Å². The molecule has 20 heavy (non-hydrogen) atoms. The second-order valence-corrected chi connectivity index (χ2v) is 5.79. The van der Waals surface area contributed by atoms with Gasteiger partial charge in [-0.2, -0.15) is 0 Å². The van der Waals surface area contributed by atoms with E-state index in [0.717, 1.165) is 23.0 Å². The quantitative estimate of drug-likeness (QED) is 0.656. The normalized spacial score (nSPS) is 12.2. The molecule has 0 aliphatic rings. The van der Waals surface area contributed by atoms with Gasteiger partial charge in [-0.25, -0.2) is 4.79 Å². The fourth-order valence-corrected chi connectivity index (χ4v) is 2.48. The Bertz CT molecular complexity index is 677. The number of anilines is 1. The summed E-state index contributed by atoms with van der Waals surface area (Å²) in [6.07, 6.45) is 0. The van der Waals surface area contributed by atoms with E-state index in [0.29, 0.717) is 5.03 Å². The number of benzene rings is 1. The molecular formula is C13H16N3O3S+. The van der Waals surface area contributed by atoms with E-state index in [-0.39, 0.29) is 5.91 Å². The first-order valence-electron chi connectivity index (χ1n) is 6.09. The predicted octanol–water partition coefficient (Wildman–Crippen LogP) is 1.22. The van der Waals surface area contributed by atoms with Crippen molar-refractivity contribution in [3.8, 4) is 0 Å². The van der Waals surface area contributed by atoms with Crippen molar-refractivity contribution in [3.05, 3.63) is 40.2 Å². The van der Waals surface area contributed by atoms with E-state index in [1.165, 1.54) is 4.68 Å². The Morgan fingerprint density at radius 2 is 2.25 bits per heavy atom. The van der Waals surface area contributed by atoms with Crippen molar-refractivity contribution in [2.24, 2.45) is 7.05 Å². The summed E-state index contributed by atoms with van der Waals surface area (Å²) in [5.41, 5.74) is 1.33. The van der Waals surface area contributed by atoms with Gasteiger partial charge < -0.3 is 5.32 Å². The average molecular weight is 294 g/mol. The molecule has 2 N–H and O–H groups in total. The number of aryl methyl sites for hydroxylation is 2. The second-order valence-electron chi connectivity index (χ2n) is 4.46. The van der Waals surface area contributed by atoms with E-state index in [4.69, 9.17) is 0 Å². The number of nitrogens with zero attached hydrogens (tertiary/aromatic N) is 1. The van der Waals surface area contributed by atoms with Gasteiger partial charge in [-0.3, -0.25) is 9.32 Å². The minimum atomic E-state index is -0.479. The van der Waals surface area contributed by atoms with Crippen LogP contribution < -0.4 is 15.6 Å². The maximum Gasteiger partial charge on any atom is 0.441 e. The zero-order chi connectivity index (χ0) is 14.7. The second kappa shape index (κ2) is 5.96. The number of carbonyl (C=O) groups excluding carboxylic acids is 1. The molecule has 1 aromatic carbocycles. The molecule has 0 saturated heterocycles. The SMILES string of the molecule is Cc1cccc(NC(=O)C(C)Sc2c(=O)o[nH][n+]2C)c1. The van der Waals surface area contributed by atoms with Gasteiger partial charge in [-0.1, -0.05) is 16.8 Å². The molecule has 0 fully saturated rings. The fourth-order valence-electron chi connectivity index (χ4n) is 1.65. The molecule has 0 saturated carbocycles. The monoisotopic (exact) mass is 294 g/mol. The van der Waals surface area contributed by atoms with E-state index in [9.17, 15) is 9.59 Å². The lowest BCUT2D eigenvalue weighted by Gasteiger charge is -2.09. The molecule has 0 aliphatic heterocycles. The van der Waals surface area contributed by atoms with Gasteiger partial charge in [-0.05, 0) is 48.6 Å². The van der Waals surface area contributed by atoms with Gasteiger partial charge in [0.25, 0.3) is 0 Å². The Balaban J connectivity index is 2.04. The fraction of sp³-hybridized carbons (Fsp3) is 0.308. The van der Waals surface area contributed by atoms with Crippen molar-refractivity contribution in [1.82, 2.24) is 5.27 Å². The van der Waals surface area contributed by atoms with Crippen LogP contribution in [0.4, 0.5) is 5.69 Å². The Morgan fingerprint density at radius 1 is 1.50 bits per heavy atom. The third-order valence-corrected chi connectivity index (χ3v) is 3.93. The van der Waals surface area contributed by atoms with Gasteiger partial charge in [0.05, 0.1) is 5.25 Å². The molecule has 0 bridgehead atoms. The molecule has 7 heteroatoms. The molecule has 0 radical (unpaired) electrons. The lowest BCUT2D eigenvalue weighted by atomic mass is 10.2. The Morgan fingerprint density at radius 3 is 2.85 bits per heavy atom. The zero-order valence-electron chi connectivity index (χ0n) is 11.5. The first-order chi connectivity index (χ1) is 9.47. The van der Waals surface area contributed by atoms with Crippen LogP contribution in [0.25, 0.3) is 0 Å². The van der Waals surface area contributed by atoms with Crippen LogP contribution in [-0.2, 0) is 11.8 Å². The Labute approximate surface area is 120 Å². The largest absolute Gasteiger partial charge is 0.441 e. The van der Waals surface area contributed by atoms with E-state index in [2.05, 4.69) is 15.1 Å². The summed E-state index contributed by atoms with van der Waals surface area (Å²) in [6, 6.07) is 7.55. The zero-order valence-corrected chi connectivity index (χ0v) is 12.3. The summed E-state index contributed by atoms with van der Waals surface area (Å²) in [5, 5.41) is 5.18. The first-order valence-corrected chi connectivity index (χ1v) is 6.97. The number of aromatic amines is 1. The van der Waals surface area contributed by atoms with Crippen LogP contribution in [0.5, 0.6) is 0 Å². The summed E-state index contributed by atoms with van der Waals surface area (Å²) >= 11 is 1.15. The molecule has 2 aromatic rings. The summed E-state index contributed by atoms with van der Waals surface area (Å²) in [6.45, 7) is 3.70. The highest BCUT2D eigenvalue weighted by Crippen LogP contribution is 2.18. The number of H-pyrrole nitrogens is 1. The first kappa shape index (κ1) is 14.4. The summed E-state index contributed by atoms with van der Waals surface area (Å²) in [4.78, 5) is 23.5. The molecule has 1 aromatic heterocycles. The molecule has 6 nitrogen and oxygen atoms in total. The van der Waals surface area contributed by atoms with E-state index >= 15 is 0 Å². The smallest absolute Gasteiger partial charge is 0.325 e. The topological polar surface area (TPSA) is 79.0 Å². The highest BCUT2D eigenvalue weighted by molar-refractivity contribution is 8.00. The molecular weight excluding hydrogens is 278 g/mol.